The molecule has 0 aliphatic rings. The summed E-state index contributed by atoms with van der Waals surface area (Å²) in [7, 11) is 0. The van der Waals surface area contributed by atoms with E-state index in [0.717, 1.165) is 27.5 Å². The van der Waals surface area contributed by atoms with Crippen LogP contribution in [0.25, 0.3) is 27.5 Å². The van der Waals surface area contributed by atoms with Crippen LogP contribution in [0.3, 0.4) is 0 Å². The van der Waals surface area contributed by atoms with Crippen LogP contribution in [0.4, 0.5) is 8.78 Å². The van der Waals surface area contributed by atoms with Crippen LogP contribution in [-0.2, 0) is 0 Å². The van der Waals surface area contributed by atoms with Gasteiger partial charge in [0.1, 0.15) is 11.6 Å². The highest BCUT2D eigenvalue weighted by molar-refractivity contribution is 6.15. The second kappa shape index (κ2) is 6.67. The van der Waals surface area contributed by atoms with Crippen LogP contribution < -0.4 is 0 Å². The fourth-order valence-corrected chi connectivity index (χ4v) is 3.75. The first-order valence-corrected chi connectivity index (χ1v) is 9.21. The van der Waals surface area contributed by atoms with E-state index in [9.17, 15) is 13.6 Å². The molecular formula is C25H15F2NO. The number of halogens is 2. The van der Waals surface area contributed by atoms with Gasteiger partial charge >= 0.3 is 0 Å². The number of hydrogen-bond donors (Lipinski definition) is 0. The van der Waals surface area contributed by atoms with Crippen molar-refractivity contribution in [2.45, 2.75) is 0 Å². The van der Waals surface area contributed by atoms with Crippen molar-refractivity contribution in [3.05, 3.63) is 114 Å². The van der Waals surface area contributed by atoms with Crippen molar-refractivity contribution < 1.29 is 13.6 Å². The Morgan fingerprint density at radius 1 is 0.621 bits per heavy atom. The van der Waals surface area contributed by atoms with Gasteiger partial charge in [-0.2, -0.15) is 0 Å². The Kier molecular flexibility index (Phi) is 3.98. The minimum atomic E-state index is -0.376. The quantitative estimate of drug-likeness (QED) is 0.336. The lowest BCUT2D eigenvalue weighted by atomic mass is 10.0. The molecule has 2 nitrogen and oxygen atoms in total. The minimum absolute atomic E-state index is 0.162. The van der Waals surface area contributed by atoms with E-state index in [1.54, 1.807) is 18.2 Å². The Balaban J connectivity index is 1.72. The van der Waals surface area contributed by atoms with E-state index < -0.39 is 0 Å². The normalized spacial score (nSPS) is 11.2. The van der Waals surface area contributed by atoms with Gasteiger partial charge in [0.15, 0.2) is 5.78 Å². The number of para-hydroxylation sites is 1. The molecule has 0 N–H and O–H groups in total. The van der Waals surface area contributed by atoms with Gasteiger partial charge in [0, 0.05) is 27.6 Å². The molecular weight excluding hydrogens is 368 g/mol. The van der Waals surface area contributed by atoms with Crippen LogP contribution in [0.15, 0.2) is 91.0 Å². The van der Waals surface area contributed by atoms with Crippen molar-refractivity contribution in [3.8, 4) is 5.69 Å². The maximum atomic E-state index is 13.4. The van der Waals surface area contributed by atoms with Crippen molar-refractivity contribution in [3.63, 3.8) is 0 Å². The molecule has 140 valence electrons. The molecule has 0 spiro atoms. The molecule has 0 unspecified atom stereocenters. The van der Waals surface area contributed by atoms with E-state index in [2.05, 4.69) is 4.57 Å². The number of fused-ring (bicyclic) bond motifs is 3. The predicted molar refractivity (Wildman–Crippen MR) is 111 cm³/mol. The van der Waals surface area contributed by atoms with Crippen LogP contribution in [0.5, 0.6) is 0 Å². The lowest BCUT2D eigenvalue weighted by Gasteiger charge is -2.08. The topological polar surface area (TPSA) is 22.0 Å². The fraction of sp³-hybridized carbons (Fsp3) is 0. The number of ketones is 1. The summed E-state index contributed by atoms with van der Waals surface area (Å²) in [5.41, 5.74) is 3.71. The molecule has 0 atom stereocenters. The molecule has 0 aliphatic carbocycles. The Labute approximate surface area is 165 Å². The number of carbonyl (C=O) groups is 1. The molecule has 0 aliphatic heterocycles. The van der Waals surface area contributed by atoms with Crippen LogP contribution in [0.1, 0.15) is 15.9 Å². The van der Waals surface area contributed by atoms with Gasteiger partial charge < -0.3 is 4.57 Å². The molecule has 4 heteroatoms. The van der Waals surface area contributed by atoms with E-state index in [4.69, 9.17) is 0 Å². The molecule has 1 aromatic heterocycles. The van der Waals surface area contributed by atoms with Gasteiger partial charge in [0.05, 0.1) is 11.0 Å². The SMILES string of the molecule is O=C(c1ccc(F)cc1)c1ccc2c(c1)c1ccccc1n2-c1ccc(F)cc1. The third-order valence-corrected chi connectivity index (χ3v) is 5.13. The lowest BCUT2D eigenvalue weighted by molar-refractivity contribution is 0.103. The third-order valence-electron chi connectivity index (χ3n) is 5.13. The van der Waals surface area contributed by atoms with E-state index in [1.165, 1.54) is 36.4 Å². The largest absolute Gasteiger partial charge is 0.309 e. The standard InChI is InChI=1S/C25H15F2NO/c26-18-8-5-16(6-9-18)25(29)17-7-14-24-22(15-17)21-3-1-2-4-23(21)28(24)20-12-10-19(27)11-13-20/h1-15H. The molecule has 0 radical (unpaired) electrons. The van der Waals surface area contributed by atoms with Crippen LogP contribution in [0.2, 0.25) is 0 Å². The van der Waals surface area contributed by atoms with E-state index in [-0.39, 0.29) is 17.4 Å². The van der Waals surface area contributed by atoms with Crippen molar-refractivity contribution in [2.24, 2.45) is 0 Å². The van der Waals surface area contributed by atoms with Gasteiger partial charge in [-0.05, 0) is 72.8 Å². The number of nitrogens with zero attached hydrogens (tertiary/aromatic N) is 1. The smallest absolute Gasteiger partial charge is 0.193 e. The Morgan fingerprint density at radius 2 is 1.21 bits per heavy atom. The summed E-state index contributed by atoms with van der Waals surface area (Å²) in [6.45, 7) is 0. The van der Waals surface area contributed by atoms with Gasteiger partial charge in [0.25, 0.3) is 0 Å². The molecule has 1 heterocycles. The molecule has 29 heavy (non-hydrogen) atoms. The van der Waals surface area contributed by atoms with Gasteiger partial charge in [0.2, 0.25) is 0 Å². The number of hydrogen-bond acceptors (Lipinski definition) is 1. The Morgan fingerprint density at radius 3 is 1.93 bits per heavy atom. The summed E-state index contributed by atoms with van der Waals surface area (Å²) in [6, 6.07) is 25.3. The number of rotatable bonds is 3. The Bertz CT molecular complexity index is 1370. The molecule has 0 bridgehead atoms. The molecule has 0 fully saturated rings. The minimum Gasteiger partial charge on any atom is -0.309 e. The lowest BCUT2D eigenvalue weighted by Crippen LogP contribution is -2.01. The van der Waals surface area contributed by atoms with Gasteiger partial charge in [-0.25, -0.2) is 8.78 Å². The van der Waals surface area contributed by atoms with Gasteiger partial charge in [-0.3, -0.25) is 4.79 Å². The first kappa shape index (κ1) is 17.3. The summed E-state index contributed by atoms with van der Waals surface area (Å²) in [4.78, 5) is 12.9. The highest BCUT2D eigenvalue weighted by Crippen LogP contribution is 2.33. The summed E-state index contributed by atoms with van der Waals surface area (Å²) < 4.78 is 28.7. The summed E-state index contributed by atoms with van der Waals surface area (Å²) in [6.07, 6.45) is 0. The molecule has 4 aromatic carbocycles. The van der Waals surface area contributed by atoms with Gasteiger partial charge in [-0.1, -0.05) is 18.2 Å². The van der Waals surface area contributed by atoms with Crippen LogP contribution in [-0.4, -0.2) is 10.4 Å². The zero-order chi connectivity index (χ0) is 20.0. The molecule has 0 saturated carbocycles. The van der Waals surface area contributed by atoms with E-state index in [1.807, 2.05) is 36.4 Å². The summed E-state index contributed by atoms with van der Waals surface area (Å²) >= 11 is 0. The maximum Gasteiger partial charge on any atom is 0.193 e. The molecule has 5 rings (SSSR count). The van der Waals surface area contributed by atoms with Crippen LogP contribution in [0, 0.1) is 11.6 Å². The fourth-order valence-electron chi connectivity index (χ4n) is 3.75. The van der Waals surface area contributed by atoms with Crippen LogP contribution >= 0.6 is 0 Å². The zero-order valence-corrected chi connectivity index (χ0v) is 15.3. The third kappa shape index (κ3) is 2.90. The molecule has 5 aromatic rings. The van der Waals surface area contributed by atoms with E-state index in [0.29, 0.717) is 11.1 Å². The number of benzene rings is 4. The highest BCUT2D eigenvalue weighted by Gasteiger charge is 2.15. The summed E-state index contributed by atoms with van der Waals surface area (Å²) in [5.74, 6) is -0.827. The second-order valence-corrected chi connectivity index (χ2v) is 6.90. The first-order valence-electron chi connectivity index (χ1n) is 9.21. The zero-order valence-electron chi connectivity index (χ0n) is 15.3. The number of carbonyl (C=O) groups excluding carboxylic acids is 1. The van der Waals surface area contributed by atoms with Gasteiger partial charge in [-0.15, -0.1) is 0 Å². The second-order valence-electron chi connectivity index (χ2n) is 6.90. The Hall–Kier alpha value is -3.79. The molecule has 0 amide bonds. The van der Waals surface area contributed by atoms with E-state index >= 15 is 0 Å². The predicted octanol–water partition coefficient (Wildman–Crippen LogP) is 6.29. The van der Waals surface area contributed by atoms with Crippen molar-refractivity contribution in [2.75, 3.05) is 0 Å². The van der Waals surface area contributed by atoms with Crippen molar-refractivity contribution in [1.29, 1.82) is 0 Å². The van der Waals surface area contributed by atoms with Crippen molar-refractivity contribution >= 4 is 27.6 Å². The maximum absolute atomic E-state index is 13.4. The summed E-state index contributed by atoms with van der Waals surface area (Å²) in [5, 5.41) is 1.93. The average molecular weight is 383 g/mol. The first-order chi connectivity index (χ1) is 14.1. The van der Waals surface area contributed by atoms with Crippen molar-refractivity contribution in [1.82, 2.24) is 4.57 Å². The average Bonchev–Trinajstić information content (AvgIpc) is 3.08. The number of aromatic nitrogens is 1. The molecule has 0 saturated heterocycles. The monoisotopic (exact) mass is 383 g/mol. The highest BCUT2D eigenvalue weighted by atomic mass is 19.1.